The summed E-state index contributed by atoms with van der Waals surface area (Å²) in [6.07, 6.45) is 0. The van der Waals surface area contributed by atoms with Gasteiger partial charge in [-0.2, -0.15) is 0 Å². The topological polar surface area (TPSA) is 59.1 Å². The predicted molar refractivity (Wildman–Crippen MR) is 102 cm³/mol. The van der Waals surface area contributed by atoms with E-state index in [1.165, 1.54) is 0 Å². The van der Waals surface area contributed by atoms with Gasteiger partial charge in [0.25, 0.3) is 11.8 Å². The van der Waals surface area contributed by atoms with Crippen molar-refractivity contribution in [3.63, 3.8) is 0 Å². The molecule has 1 aliphatic heterocycles. The fourth-order valence-corrected chi connectivity index (χ4v) is 3.14. The largest absolute Gasteiger partial charge is 0.497 e. The smallest absolute Gasteiger partial charge is 0.254 e. The van der Waals surface area contributed by atoms with Crippen LogP contribution >= 0.6 is 0 Å². The van der Waals surface area contributed by atoms with E-state index in [9.17, 15) is 9.59 Å². The lowest BCUT2D eigenvalue weighted by Gasteiger charge is -2.35. The first kappa shape index (κ1) is 18.9. The number of carbonyl (C=O) groups is 2. The molecule has 1 saturated heterocycles. The Morgan fingerprint density at radius 3 is 2.00 bits per heavy atom. The summed E-state index contributed by atoms with van der Waals surface area (Å²) < 4.78 is 10.3. The second-order valence-electron chi connectivity index (χ2n) is 6.45. The fraction of sp³-hybridized carbons (Fsp3) is 0.333. The first-order valence-electron chi connectivity index (χ1n) is 8.93. The quantitative estimate of drug-likeness (QED) is 0.813. The summed E-state index contributed by atoms with van der Waals surface area (Å²) in [7, 11) is 3.22. The summed E-state index contributed by atoms with van der Waals surface area (Å²) in [5.41, 5.74) is 2.29. The molecule has 0 aliphatic carbocycles. The molecule has 2 aromatic carbocycles. The normalized spacial score (nSPS) is 14.1. The minimum atomic E-state index is -0.0371. The molecular weight excluding hydrogens is 344 g/mol. The lowest BCUT2D eigenvalue weighted by Crippen LogP contribution is -2.50. The molecule has 0 saturated carbocycles. The Hall–Kier alpha value is -2.86. The lowest BCUT2D eigenvalue weighted by atomic mass is 10.1. The van der Waals surface area contributed by atoms with Crippen LogP contribution in [0.3, 0.4) is 0 Å². The van der Waals surface area contributed by atoms with Crippen LogP contribution < -0.4 is 4.74 Å². The minimum Gasteiger partial charge on any atom is -0.497 e. The number of piperazine rings is 1. The van der Waals surface area contributed by atoms with Crippen molar-refractivity contribution in [3.05, 3.63) is 65.2 Å². The number of hydrogen-bond acceptors (Lipinski definition) is 4. The molecule has 0 N–H and O–H groups in total. The molecule has 0 atom stereocenters. The van der Waals surface area contributed by atoms with E-state index < -0.39 is 0 Å². The zero-order valence-corrected chi connectivity index (χ0v) is 15.7. The van der Waals surface area contributed by atoms with E-state index in [0.29, 0.717) is 49.7 Å². The Morgan fingerprint density at radius 2 is 1.44 bits per heavy atom. The lowest BCUT2D eigenvalue weighted by molar-refractivity contribution is 0.0535. The van der Waals surface area contributed by atoms with Gasteiger partial charge < -0.3 is 19.3 Å². The third-order valence-corrected chi connectivity index (χ3v) is 4.68. The number of benzene rings is 2. The maximum absolute atomic E-state index is 12.7. The van der Waals surface area contributed by atoms with Crippen molar-refractivity contribution in [2.45, 2.75) is 6.61 Å². The molecule has 142 valence electrons. The molecule has 0 radical (unpaired) electrons. The first-order valence-corrected chi connectivity index (χ1v) is 8.93. The third kappa shape index (κ3) is 4.46. The summed E-state index contributed by atoms with van der Waals surface area (Å²) in [6.45, 7) is 2.61. The Labute approximate surface area is 159 Å². The van der Waals surface area contributed by atoms with Gasteiger partial charge in [0.15, 0.2) is 0 Å². The van der Waals surface area contributed by atoms with Crippen LogP contribution in [0.5, 0.6) is 5.75 Å². The summed E-state index contributed by atoms with van der Waals surface area (Å²) in [4.78, 5) is 28.9. The van der Waals surface area contributed by atoms with Crippen LogP contribution in [0.4, 0.5) is 0 Å². The molecule has 0 unspecified atom stereocenters. The number of ether oxygens (including phenoxy) is 2. The molecular formula is C21H24N2O4. The van der Waals surface area contributed by atoms with Crippen molar-refractivity contribution in [2.75, 3.05) is 40.4 Å². The highest BCUT2D eigenvalue weighted by Gasteiger charge is 2.25. The van der Waals surface area contributed by atoms with Gasteiger partial charge in [0.1, 0.15) is 5.75 Å². The number of amides is 2. The summed E-state index contributed by atoms with van der Waals surface area (Å²) >= 11 is 0. The van der Waals surface area contributed by atoms with Gasteiger partial charge in [0.05, 0.1) is 13.7 Å². The molecule has 6 nitrogen and oxygen atoms in total. The molecule has 1 aliphatic rings. The number of nitrogens with zero attached hydrogens (tertiary/aromatic N) is 2. The van der Waals surface area contributed by atoms with Gasteiger partial charge in [-0.15, -0.1) is 0 Å². The van der Waals surface area contributed by atoms with Crippen molar-refractivity contribution in [2.24, 2.45) is 0 Å². The maximum atomic E-state index is 12.7. The van der Waals surface area contributed by atoms with E-state index in [1.54, 1.807) is 42.2 Å². The minimum absolute atomic E-state index is 0.00699. The van der Waals surface area contributed by atoms with Crippen LogP contribution in [0.15, 0.2) is 48.5 Å². The molecule has 1 fully saturated rings. The molecule has 0 bridgehead atoms. The number of rotatable bonds is 5. The zero-order chi connectivity index (χ0) is 19.2. The molecule has 2 aromatic rings. The Kier molecular flexibility index (Phi) is 6.08. The summed E-state index contributed by atoms with van der Waals surface area (Å²) in [5, 5.41) is 0. The van der Waals surface area contributed by atoms with Gasteiger partial charge in [0, 0.05) is 44.4 Å². The van der Waals surface area contributed by atoms with Crippen LogP contribution in [-0.4, -0.2) is 62.0 Å². The molecule has 0 spiro atoms. The van der Waals surface area contributed by atoms with Gasteiger partial charge in [0.2, 0.25) is 0 Å². The summed E-state index contributed by atoms with van der Waals surface area (Å²) in [6, 6.07) is 14.6. The van der Waals surface area contributed by atoms with Crippen LogP contribution in [-0.2, 0) is 11.3 Å². The van der Waals surface area contributed by atoms with Gasteiger partial charge >= 0.3 is 0 Å². The molecule has 1 heterocycles. The highest BCUT2D eigenvalue weighted by molar-refractivity contribution is 5.96. The highest BCUT2D eigenvalue weighted by Crippen LogP contribution is 2.16. The van der Waals surface area contributed by atoms with Crippen LogP contribution in [0.1, 0.15) is 26.3 Å². The second kappa shape index (κ2) is 8.68. The monoisotopic (exact) mass is 368 g/mol. The van der Waals surface area contributed by atoms with Gasteiger partial charge in [-0.25, -0.2) is 0 Å². The maximum Gasteiger partial charge on any atom is 0.254 e. The van der Waals surface area contributed by atoms with E-state index in [1.807, 2.05) is 30.3 Å². The Balaban J connectivity index is 1.59. The predicted octanol–water partition coefficient (Wildman–Crippen LogP) is 2.44. The van der Waals surface area contributed by atoms with Crippen LogP contribution in [0.25, 0.3) is 0 Å². The average molecular weight is 368 g/mol. The Morgan fingerprint density at radius 1 is 0.852 bits per heavy atom. The van der Waals surface area contributed by atoms with Crippen LogP contribution in [0.2, 0.25) is 0 Å². The number of methoxy groups -OCH3 is 2. The standard InChI is InChI=1S/C21H24N2O4/c1-26-15-16-6-8-17(9-7-16)20(24)22-10-12-23(13-11-22)21(25)18-4-3-5-19(14-18)27-2/h3-9,14H,10-13,15H2,1-2H3. The van der Waals surface area contributed by atoms with Gasteiger partial charge in [-0.1, -0.05) is 18.2 Å². The molecule has 2 amide bonds. The zero-order valence-electron chi connectivity index (χ0n) is 15.7. The van der Waals surface area contributed by atoms with Crippen molar-refractivity contribution in [1.29, 1.82) is 0 Å². The van der Waals surface area contributed by atoms with E-state index in [2.05, 4.69) is 0 Å². The van der Waals surface area contributed by atoms with E-state index in [0.717, 1.165) is 5.56 Å². The number of hydrogen-bond donors (Lipinski definition) is 0. The summed E-state index contributed by atoms with van der Waals surface area (Å²) in [5.74, 6) is 0.615. The molecule has 3 rings (SSSR count). The van der Waals surface area contributed by atoms with Crippen molar-refractivity contribution < 1.29 is 19.1 Å². The average Bonchev–Trinajstić information content (AvgIpc) is 2.73. The van der Waals surface area contributed by atoms with Crippen LogP contribution in [0, 0.1) is 0 Å². The van der Waals surface area contributed by atoms with Crippen molar-refractivity contribution >= 4 is 11.8 Å². The van der Waals surface area contributed by atoms with Crippen molar-refractivity contribution in [3.8, 4) is 5.75 Å². The number of carbonyl (C=O) groups excluding carboxylic acids is 2. The van der Waals surface area contributed by atoms with E-state index in [-0.39, 0.29) is 11.8 Å². The first-order chi connectivity index (χ1) is 13.1. The van der Waals surface area contributed by atoms with Gasteiger partial charge in [-0.3, -0.25) is 9.59 Å². The Bertz CT molecular complexity index is 796. The SMILES string of the molecule is COCc1ccc(C(=O)N2CCN(C(=O)c3cccc(OC)c3)CC2)cc1. The fourth-order valence-electron chi connectivity index (χ4n) is 3.14. The second-order valence-corrected chi connectivity index (χ2v) is 6.45. The van der Waals surface area contributed by atoms with Crippen molar-refractivity contribution in [1.82, 2.24) is 9.80 Å². The van der Waals surface area contributed by atoms with Gasteiger partial charge in [-0.05, 0) is 35.9 Å². The van der Waals surface area contributed by atoms with E-state index in [4.69, 9.17) is 9.47 Å². The molecule has 0 aromatic heterocycles. The van der Waals surface area contributed by atoms with E-state index >= 15 is 0 Å². The third-order valence-electron chi connectivity index (χ3n) is 4.68. The molecule has 27 heavy (non-hydrogen) atoms. The highest BCUT2D eigenvalue weighted by atomic mass is 16.5. The molecule has 6 heteroatoms.